The van der Waals surface area contributed by atoms with E-state index in [9.17, 15) is 18.0 Å². The molecule has 0 unspecified atom stereocenters. The van der Waals surface area contributed by atoms with Crippen LogP contribution in [-0.4, -0.2) is 18.2 Å². The molecule has 2 rings (SSSR count). The largest absolute Gasteiger partial charge is 0.496 e. The molecule has 2 aromatic rings. The van der Waals surface area contributed by atoms with E-state index in [1.807, 2.05) is 12.1 Å². The Labute approximate surface area is 149 Å². The average Bonchev–Trinajstić information content (AvgIpc) is 2.60. The number of carbonyl (C=O) groups is 1. The van der Waals surface area contributed by atoms with Crippen LogP contribution in [0.15, 0.2) is 42.5 Å². The van der Waals surface area contributed by atoms with Crippen LogP contribution in [0.2, 0.25) is 0 Å². The maximum Gasteiger partial charge on any atom is 0.416 e. The molecule has 0 aliphatic carbocycles. The summed E-state index contributed by atoms with van der Waals surface area (Å²) in [5, 5.41) is 11.9. The second-order valence-electron chi connectivity index (χ2n) is 5.84. The van der Waals surface area contributed by atoms with E-state index in [1.165, 1.54) is 12.1 Å². The van der Waals surface area contributed by atoms with Crippen molar-refractivity contribution < 1.29 is 27.8 Å². The first kappa shape index (κ1) is 19.8. The van der Waals surface area contributed by atoms with Gasteiger partial charge in [0.2, 0.25) is 0 Å². The zero-order chi connectivity index (χ0) is 19.2. The van der Waals surface area contributed by atoms with E-state index in [0.717, 1.165) is 28.8 Å². The summed E-state index contributed by atoms with van der Waals surface area (Å²) in [6.07, 6.45) is -3.87. The quantitative estimate of drug-likeness (QED) is 0.740. The number of methoxy groups -OCH3 is 1. The molecule has 0 radical (unpaired) electrons. The molecule has 7 heteroatoms. The number of aryl methyl sites for hydroxylation is 1. The molecule has 0 amide bonds. The second-order valence-corrected chi connectivity index (χ2v) is 5.84. The third-order valence-corrected chi connectivity index (χ3v) is 3.90. The molecule has 0 heterocycles. The Morgan fingerprint density at radius 1 is 1.08 bits per heavy atom. The predicted octanol–water partition coefficient (Wildman–Crippen LogP) is 4.02. The van der Waals surface area contributed by atoms with Gasteiger partial charge in [0.05, 0.1) is 12.7 Å². The Morgan fingerprint density at radius 2 is 1.73 bits per heavy atom. The number of hydrogen-bond acceptors (Lipinski definition) is 3. The van der Waals surface area contributed by atoms with Crippen molar-refractivity contribution in [1.29, 1.82) is 0 Å². The maximum atomic E-state index is 12.6. The lowest BCUT2D eigenvalue weighted by molar-refractivity contribution is -0.138. The number of nitrogens with one attached hydrogen (secondary N) is 1. The van der Waals surface area contributed by atoms with E-state index in [0.29, 0.717) is 25.3 Å². The van der Waals surface area contributed by atoms with Crippen LogP contribution in [0.4, 0.5) is 13.2 Å². The normalized spacial score (nSPS) is 11.4. The lowest BCUT2D eigenvalue weighted by Gasteiger charge is -2.12. The van der Waals surface area contributed by atoms with Gasteiger partial charge in [-0.15, -0.1) is 0 Å². The first-order valence-corrected chi connectivity index (χ1v) is 8.04. The van der Waals surface area contributed by atoms with E-state index in [1.54, 1.807) is 13.2 Å². The minimum absolute atomic E-state index is 0.0464. The van der Waals surface area contributed by atoms with Gasteiger partial charge >= 0.3 is 12.1 Å². The SMILES string of the molecule is COc1ccc(CCC(=O)O)cc1CNCc1ccc(C(F)(F)F)cc1. The Morgan fingerprint density at radius 3 is 2.31 bits per heavy atom. The van der Waals surface area contributed by atoms with E-state index in [4.69, 9.17) is 9.84 Å². The van der Waals surface area contributed by atoms with Crippen LogP contribution < -0.4 is 10.1 Å². The Bertz CT molecular complexity index is 743. The van der Waals surface area contributed by atoms with Crippen LogP contribution in [0.3, 0.4) is 0 Å². The molecule has 4 nitrogen and oxygen atoms in total. The number of carboxylic acid groups (broad SMARTS) is 1. The zero-order valence-electron chi connectivity index (χ0n) is 14.3. The Hall–Kier alpha value is -2.54. The lowest BCUT2D eigenvalue weighted by atomic mass is 10.1. The van der Waals surface area contributed by atoms with E-state index >= 15 is 0 Å². The molecule has 0 aliphatic rings. The first-order valence-electron chi connectivity index (χ1n) is 8.04. The molecule has 140 valence electrons. The van der Waals surface area contributed by atoms with Crippen molar-refractivity contribution in [2.75, 3.05) is 7.11 Å². The van der Waals surface area contributed by atoms with E-state index in [2.05, 4.69) is 5.32 Å². The summed E-state index contributed by atoms with van der Waals surface area (Å²) in [5.41, 5.74) is 1.81. The molecule has 2 N–H and O–H groups in total. The molecular weight excluding hydrogens is 347 g/mol. The molecular formula is C19H20F3NO3. The highest BCUT2D eigenvalue weighted by Gasteiger charge is 2.29. The summed E-state index contributed by atoms with van der Waals surface area (Å²) in [5.74, 6) is -0.188. The van der Waals surface area contributed by atoms with E-state index in [-0.39, 0.29) is 6.42 Å². The molecule has 0 aromatic heterocycles. The van der Waals surface area contributed by atoms with Gasteiger partial charge in [0, 0.05) is 25.1 Å². The minimum Gasteiger partial charge on any atom is -0.496 e. The van der Waals surface area contributed by atoms with Crippen molar-refractivity contribution in [3.05, 3.63) is 64.7 Å². The van der Waals surface area contributed by atoms with Crippen molar-refractivity contribution in [3.63, 3.8) is 0 Å². The molecule has 0 bridgehead atoms. The highest BCUT2D eigenvalue weighted by molar-refractivity contribution is 5.67. The number of hydrogen-bond donors (Lipinski definition) is 2. The molecule has 0 spiro atoms. The fourth-order valence-electron chi connectivity index (χ4n) is 2.53. The number of aliphatic carboxylic acids is 1. The lowest BCUT2D eigenvalue weighted by Crippen LogP contribution is -2.14. The molecule has 0 saturated heterocycles. The van der Waals surface area contributed by atoms with Gasteiger partial charge in [-0.1, -0.05) is 24.3 Å². The Kier molecular flexibility index (Phi) is 6.63. The third-order valence-electron chi connectivity index (χ3n) is 3.90. The van der Waals surface area contributed by atoms with Crippen LogP contribution in [0.5, 0.6) is 5.75 Å². The van der Waals surface area contributed by atoms with Gasteiger partial charge in [0.25, 0.3) is 0 Å². The van der Waals surface area contributed by atoms with E-state index < -0.39 is 17.7 Å². The number of rotatable bonds is 8. The summed E-state index contributed by atoms with van der Waals surface area (Å²) in [4.78, 5) is 10.7. The zero-order valence-corrected chi connectivity index (χ0v) is 14.3. The fourth-order valence-corrected chi connectivity index (χ4v) is 2.53. The third kappa shape index (κ3) is 5.77. The van der Waals surface area contributed by atoms with Crippen molar-refractivity contribution >= 4 is 5.97 Å². The molecule has 26 heavy (non-hydrogen) atoms. The van der Waals surface area contributed by atoms with Crippen molar-refractivity contribution in [3.8, 4) is 5.75 Å². The van der Waals surface area contributed by atoms with Crippen molar-refractivity contribution in [2.45, 2.75) is 32.1 Å². The number of alkyl halides is 3. The molecule has 0 atom stereocenters. The average molecular weight is 367 g/mol. The molecule has 0 aliphatic heterocycles. The number of benzene rings is 2. The molecule has 0 fully saturated rings. The van der Waals surface area contributed by atoms with Gasteiger partial charge in [-0.3, -0.25) is 4.79 Å². The minimum atomic E-state index is -4.34. The maximum absolute atomic E-state index is 12.6. The number of ether oxygens (including phenoxy) is 1. The van der Waals surface area contributed by atoms with Gasteiger partial charge in [0.15, 0.2) is 0 Å². The second kappa shape index (κ2) is 8.71. The van der Waals surface area contributed by atoms with Crippen molar-refractivity contribution in [1.82, 2.24) is 5.32 Å². The highest BCUT2D eigenvalue weighted by atomic mass is 19.4. The topological polar surface area (TPSA) is 58.6 Å². The summed E-state index contributed by atoms with van der Waals surface area (Å²) < 4.78 is 43.0. The first-order chi connectivity index (χ1) is 12.3. The molecule has 2 aromatic carbocycles. The Balaban J connectivity index is 1.97. The summed E-state index contributed by atoms with van der Waals surface area (Å²) in [6.45, 7) is 0.853. The van der Waals surface area contributed by atoms with Crippen LogP contribution >= 0.6 is 0 Å². The smallest absolute Gasteiger partial charge is 0.416 e. The highest BCUT2D eigenvalue weighted by Crippen LogP contribution is 2.29. The van der Waals surface area contributed by atoms with Gasteiger partial charge in [-0.05, 0) is 35.7 Å². The van der Waals surface area contributed by atoms with Gasteiger partial charge in [-0.25, -0.2) is 0 Å². The van der Waals surface area contributed by atoms with Gasteiger partial charge < -0.3 is 15.2 Å². The monoisotopic (exact) mass is 367 g/mol. The predicted molar refractivity (Wildman–Crippen MR) is 90.9 cm³/mol. The van der Waals surface area contributed by atoms with Gasteiger partial charge in [0.1, 0.15) is 5.75 Å². The van der Waals surface area contributed by atoms with Gasteiger partial charge in [-0.2, -0.15) is 13.2 Å². The fraction of sp³-hybridized carbons (Fsp3) is 0.316. The number of carboxylic acids is 1. The van der Waals surface area contributed by atoms with Crippen LogP contribution in [0.25, 0.3) is 0 Å². The van der Waals surface area contributed by atoms with Crippen molar-refractivity contribution in [2.24, 2.45) is 0 Å². The van der Waals surface area contributed by atoms with Crippen LogP contribution in [0.1, 0.15) is 28.7 Å². The standard InChI is InChI=1S/C19H20F3NO3/c1-26-17-8-4-13(5-9-18(24)25)10-15(17)12-23-11-14-2-6-16(7-3-14)19(20,21)22/h2-4,6-8,10,23H,5,9,11-12H2,1H3,(H,24,25). The molecule has 0 saturated carbocycles. The van der Waals surface area contributed by atoms with Crippen LogP contribution in [0, 0.1) is 0 Å². The number of halogens is 3. The summed E-state index contributed by atoms with van der Waals surface area (Å²) in [6, 6.07) is 10.5. The summed E-state index contributed by atoms with van der Waals surface area (Å²) in [7, 11) is 1.55. The summed E-state index contributed by atoms with van der Waals surface area (Å²) >= 11 is 0. The van der Waals surface area contributed by atoms with Crippen LogP contribution in [-0.2, 0) is 30.5 Å².